The molecule has 0 radical (unpaired) electrons. The van der Waals surface area contributed by atoms with Crippen LogP contribution in [-0.4, -0.2) is 28.9 Å². The molecule has 0 aliphatic carbocycles. The average molecular weight is 327 g/mol. The zero-order chi connectivity index (χ0) is 15.8. The Hall–Kier alpha value is -2.46. The first-order valence-electron chi connectivity index (χ1n) is 7.52. The minimum atomic E-state index is -0.0627. The van der Waals surface area contributed by atoms with Gasteiger partial charge in [-0.05, 0) is 30.2 Å². The second-order valence-electron chi connectivity index (χ2n) is 5.57. The van der Waals surface area contributed by atoms with Crippen molar-refractivity contribution in [3.8, 4) is 0 Å². The van der Waals surface area contributed by atoms with Gasteiger partial charge in [-0.2, -0.15) is 0 Å². The number of rotatable bonds is 2. The molecule has 3 heterocycles. The summed E-state index contributed by atoms with van der Waals surface area (Å²) < 4.78 is 5.19. The Morgan fingerprint density at radius 3 is 2.91 bits per heavy atom. The number of hydrogen-bond donors (Lipinski definition) is 1. The van der Waals surface area contributed by atoms with Crippen molar-refractivity contribution in [1.82, 2.24) is 9.88 Å². The molecule has 1 N–H and O–H groups in total. The van der Waals surface area contributed by atoms with E-state index in [2.05, 4.69) is 17.1 Å². The van der Waals surface area contributed by atoms with Crippen LogP contribution in [0.3, 0.4) is 0 Å². The van der Waals surface area contributed by atoms with Gasteiger partial charge in [-0.25, -0.2) is 0 Å². The van der Waals surface area contributed by atoms with Gasteiger partial charge >= 0.3 is 0 Å². The number of carbonyl (C=O) groups is 1. The predicted molar refractivity (Wildman–Crippen MR) is 90.5 cm³/mol. The molecule has 0 atom stereocenters. The molecule has 0 spiro atoms. The molecule has 4 rings (SSSR count). The molecule has 0 bridgehead atoms. The highest BCUT2D eigenvalue weighted by atomic mass is 35.5. The van der Waals surface area contributed by atoms with E-state index in [1.54, 1.807) is 17.0 Å². The van der Waals surface area contributed by atoms with Crippen molar-refractivity contribution in [3.05, 3.63) is 65.2 Å². The Kier molecular flexibility index (Phi) is 3.46. The van der Waals surface area contributed by atoms with Gasteiger partial charge in [-0.3, -0.25) is 4.79 Å². The van der Waals surface area contributed by atoms with Gasteiger partial charge in [-0.1, -0.05) is 29.8 Å². The number of aromatic amines is 1. The summed E-state index contributed by atoms with van der Waals surface area (Å²) in [7, 11) is 0. The lowest BCUT2D eigenvalue weighted by Crippen LogP contribution is -2.34. The van der Waals surface area contributed by atoms with E-state index in [4.69, 9.17) is 16.0 Å². The first-order chi connectivity index (χ1) is 11.2. The molecule has 0 saturated carbocycles. The number of carbonyl (C=O) groups excluding carboxylic acids is 1. The van der Waals surface area contributed by atoms with Gasteiger partial charge in [-0.15, -0.1) is 0 Å². The quantitative estimate of drug-likeness (QED) is 0.761. The maximum absolute atomic E-state index is 12.3. The van der Waals surface area contributed by atoms with Crippen LogP contribution in [0.2, 0.25) is 5.02 Å². The van der Waals surface area contributed by atoms with Crippen LogP contribution in [0.15, 0.2) is 53.3 Å². The highest BCUT2D eigenvalue weighted by Crippen LogP contribution is 2.32. The highest BCUT2D eigenvalue weighted by Gasteiger charge is 2.22. The summed E-state index contributed by atoms with van der Waals surface area (Å²) in [6.07, 6.45) is 6.43. The van der Waals surface area contributed by atoms with E-state index >= 15 is 0 Å². The Balaban J connectivity index is 1.60. The van der Waals surface area contributed by atoms with Crippen LogP contribution >= 0.6 is 11.6 Å². The zero-order valence-corrected chi connectivity index (χ0v) is 13.1. The highest BCUT2D eigenvalue weighted by molar-refractivity contribution is 6.35. The molecule has 5 heteroatoms. The fourth-order valence-corrected chi connectivity index (χ4v) is 3.27. The molecule has 116 valence electrons. The summed E-state index contributed by atoms with van der Waals surface area (Å²) in [4.78, 5) is 17.3. The first kappa shape index (κ1) is 14.2. The molecular formula is C18H15ClN2O2. The number of aromatic nitrogens is 1. The number of benzene rings is 1. The summed E-state index contributed by atoms with van der Waals surface area (Å²) in [5.41, 5.74) is 3.36. The van der Waals surface area contributed by atoms with Crippen LogP contribution in [0.1, 0.15) is 22.5 Å². The van der Waals surface area contributed by atoms with Crippen LogP contribution in [0.25, 0.3) is 16.5 Å². The molecule has 1 aliphatic heterocycles. The summed E-state index contributed by atoms with van der Waals surface area (Å²) in [6, 6.07) is 9.33. The van der Waals surface area contributed by atoms with Crippen molar-refractivity contribution < 1.29 is 9.21 Å². The van der Waals surface area contributed by atoms with E-state index in [-0.39, 0.29) is 5.91 Å². The third kappa shape index (κ3) is 2.45. The van der Waals surface area contributed by atoms with E-state index in [1.807, 2.05) is 18.3 Å². The van der Waals surface area contributed by atoms with E-state index in [1.165, 1.54) is 11.8 Å². The van der Waals surface area contributed by atoms with E-state index in [0.29, 0.717) is 18.8 Å². The lowest BCUT2D eigenvalue weighted by atomic mass is 9.99. The minimum Gasteiger partial charge on any atom is -0.459 e. The molecule has 2 aromatic heterocycles. The topological polar surface area (TPSA) is 49.2 Å². The van der Waals surface area contributed by atoms with Gasteiger partial charge < -0.3 is 14.3 Å². The zero-order valence-electron chi connectivity index (χ0n) is 12.4. The molecule has 1 aromatic carbocycles. The molecule has 1 amide bonds. The molecule has 4 nitrogen and oxygen atoms in total. The fourth-order valence-electron chi connectivity index (χ4n) is 3.04. The lowest BCUT2D eigenvalue weighted by molar-refractivity contribution is 0.0741. The third-order valence-electron chi connectivity index (χ3n) is 4.24. The molecule has 3 aromatic rings. The minimum absolute atomic E-state index is 0.0627. The van der Waals surface area contributed by atoms with Crippen LogP contribution in [0.5, 0.6) is 0 Å². The van der Waals surface area contributed by atoms with E-state index in [0.717, 1.165) is 27.9 Å². The summed E-state index contributed by atoms with van der Waals surface area (Å²) >= 11 is 6.22. The smallest absolute Gasteiger partial charge is 0.289 e. The van der Waals surface area contributed by atoms with Gasteiger partial charge in [0.15, 0.2) is 5.76 Å². The summed E-state index contributed by atoms with van der Waals surface area (Å²) in [5.74, 6) is 0.327. The van der Waals surface area contributed by atoms with E-state index < -0.39 is 0 Å². The van der Waals surface area contributed by atoms with Crippen LogP contribution in [-0.2, 0) is 0 Å². The van der Waals surface area contributed by atoms with Gasteiger partial charge in [0.05, 0.1) is 16.8 Å². The largest absolute Gasteiger partial charge is 0.459 e. The van der Waals surface area contributed by atoms with Gasteiger partial charge in [0.2, 0.25) is 0 Å². The number of H-pyrrole nitrogens is 1. The number of amides is 1. The lowest BCUT2D eigenvalue weighted by Gasteiger charge is -2.25. The monoisotopic (exact) mass is 326 g/mol. The Morgan fingerprint density at radius 2 is 2.17 bits per heavy atom. The number of fused-ring (bicyclic) bond motifs is 1. The fraction of sp³-hybridized carbons (Fsp3) is 0.167. The predicted octanol–water partition coefficient (Wildman–Crippen LogP) is 4.34. The van der Waals surface area contributed by atoms with Crippen LogP contribution in [0.4, 0.5) is 0 Å². The second kappa shape index (κ2) is 5.63. The Labute approximate surface area is 138 Å². The maximum Gasteiger partial charge on any atom is 0.289 e. The number of para-hydroxylation sites is 1. The Morgan fingerprint density at radius 1 is 1.26 bits per heavy atom. The van der Waals surface area contributed by atoms with Crippen molar-refractivity contribution >= 4 is 34.0 Å². The molecule has 0 saturated heterocycles. The van der Waals surface area contributed by atoms with Crippen molar-refractivity contribution in [2.45, 2.75) is 6.42 Å². The number of nitrogens with zero attached hydrogens (tertiary/aromatic N) is 1. The number of halogens is 1. The van der Waals surface area contributed by atoms with Crippen molar-refractivity contribution in [2.75, 3.05) is 13.1 Å². The second-order valence-corrected chi connectivity index (χ2v) is 5.98. The number of furan rings is 1. The molecule has 23 heavy (non-hydrogen) atoms. The molecule has 0 fully saturated rings. The SMILES string of the molecule is O=C(c1ccco1)N1CC=C(c2c[nH]c3c(Cl)cccc23)CC1. The van der Waals surface area contributed by atoms with Gasteiger partial charge in [0.25, 0.3) is 5.91 Å². The summed E-state index contributed by atoms with van der Waals surface area (Å²) in [6.45, 7) is 1.26. The normalized spacial score (nSPS) is 15.0. The average Bonchev–Trinajstić information content (AvgIpc) is 3.25. The molecule has 0 unspecified atom stereocenters. The van der Waals surface area contributed by atoms with Gasteiger partial charge in [0, 0.05) is 30.2 Å². The van der Waals surface area contributed by atoms with Crippen LogP contribution in [0, 0.1) is 0 Å². The molecular weight excluding hydrogens is 312 g/mol. The van der Waals surface area contributed by atoms with Gasteiger partial charge in [0.1, 0.15) is 0 Å². The third-order valence-corrected chi connectivity index (χ3v) is 4.55. The first-order valence-corrected chi connectivity index (χ1v) is 7.89. The van der Waals surface area contributed by atoms with Crippen LogP contribution < -0.4 is 0 Å². The Bertz CT molecular complexity index is 893. The van der Waals surface area contributed by atoms with E-state index in [9.17, 15) is 4.79 Å². The molecule has 1 aliphatic rings. The standard InChI is InChI=1S/C18H15ClN2O2/c19-15-4-1-3-13-14(11-20-17(13)15)12-6-8-21(9-7-12)18(22)16-5-2-10-23-16/h1-6,10-11,20H,7-9H2. The van der Waals surface area contributed by atoms with Crippen molar-refractivity contribution in [1.29, 1.82) is 0 Å². The number of hydrogen-bond acceptors (Lipinski definition) is 2. The van der Waals surface area contributed by atoms with Crippen molar-refractivity contribution in [3.63, 3.8) is 0 Å². The maximum atomic E-state index is 12.3. The number of nitrogens with one attached hydrogen (secondary N) is 1. The summed E-state index contributed by atoms with van der Waals surface area (Å²) in [5, 5.41) is 1.84. The van der Waals surface area contributed by atoms with Crippen molar-refractivity contribution in [2.24, 2.45) is 0 Å².